The Balaban J connectivity index is 2.84. The van der Waals surface area contributed by atoms with Crippen molar-refractivity contribution in [2.24, 2.45) is 0 Å². The van der Waals surface area contributed by atoms with Crippen molar-refractivity contribution in [1.82, 2.24) is 14.8 Å². The minimum atomic E-state index is -0.334. The van der Waals surface area contributed by atoms with Crippen molar-refractivity contribution in [3.63, 3.8) is 0 Å². The number of aromatic nitrogens is 3. The number of ketones is 1. The average molecular weight is 178 g/mol. The van der Waals surface area contributed by atoms with Crippen molar-refractivity contribution >= 4 is 5.78 Å². The number of rotatable bonds is 3. The van der Waals surface area contributed by atoms with Crippen molar-refractivity contribution in [2.45, 2.75) is 26.3 Å². The number of Topliss-reactive ketones (excluding diaryl/α,β-unsaturated/α-hetero) is 1. The van der Waals surface area contributed by atoms with Crippen LogP contribution < -0.4 is 0 Å². The summed E-state index contributed by atoms with van der Waals surface area (Å²) in [7, 11) is 0. The van der Waals surface area contributed by atoms with Gasteiger partial charge in [-0.2, -0.15) is 5.26 Å². The normalized spacial score (nSPS) is 12.1. The first-order chi connectivity index (χ1) is 6.19. The summed E-state index contributed by atoms with van der Waals surface area (Å²) in [6.45, 7) is 3.53. The highest BCUT2D eigenvalue weighted by atomic mass is 16.1. The lowest BCUT2D eigenvalue weighted by Gasteiger charge is -2.07. The molecule has 0 bridgehead atoms. The van der Waals surface area contributed by atoms with Crippen molar-refractivity contribution in [1.29, 1.82) is 5.26 Å². The summed E-state index contributed by atoms with van der Waals surface area (Å²) >= 11 is 0. The van der Waals surface area contributed by atoms with Crippen LogP contribution in [0.1, 0.15) is 32.1 Å². The Morgan fingerprint density at radius 2 is 2.54 bits per heavy atom. The molecule has 1 aromatic heterocycles. The zero-order chi connectivity index (χ0) is 9.84. The molecule has 1 unspecified atom stereocenters. The average Bonchev–Trinajstić information content (AvgIpc) is 2.63. The number of nitrogens with zero attached hydrogens (tertiary/aromatic N) is 4. The SMILES string of the molecule is CCC(=O)C(C)n1cnc(C#N)n1. The third kappa shape index (κ3) is 1.90. The second-order valence-electron chi connectivity index (χ2n) is 2.66. The largest absolute Gasteiger partial charge is 0.297 e. The van der Waals surface area contributed by atoms with Gasteiger partial charge in [-0.05, 0) is 6.92 Å². The van der Waals surface area contributed by atoms with E-state index in [-0.39, 0.29) is 17.6 Å². The van der Waals surface area contributed by atoms with Gasteiger partial charge in [0.2, 0.25) is 0 Å². The van der Waals surface area contributed by atoms with Gasteiger partial charge in [0.1, 0.15) is 18.4 Å². The maximum absolute atomic E-state index is 11.2. The second-order valence-corrected chi connectivity index (χ2v) is 2.66. The fourth-order valence-electron chi connectivity index (χ4n) is 0.956. The lowest BCUT2D eigenvalue weighted by Crippen LogP contribution is -2.15. The molecule has 0 aromatic carbocycles. The Morgan fingerprint density at radius 1 is 1.85 bits per heavy atom. The van der Waals surface area contributed by atoms with Crippen molar-refractivity contribution in [3.05, 3.63) is 12.2 Å². The van der Waals surface area contributed by atoms with Gasteiger partial charge >= 0.3 is 0 Å². The van der Waals surface area contributed by atoms with Gasteiger partial charge in [0.25, 0.3) is 5.82 Å². The third-order valence-corrected chi connectivity index (χ3v) is 1.82. The van der Waals surface area contributed by atoms with Crippen LogP contribution in [-0.2, 0) is 4.79 Å². The van der Waals surface area contributed by atoms with E-state index in [1.807, 2.05) is 0 Å². The minimum Gasteiger partial charge on any atom is -0.297 e. The molecule has 0 spiro atoms. The van der Waals surface area contributed by atoms with Crippen LogP contribution in [0.2, 0.25) is 0 Å². The highest BCUT2D eigenvalue weighted by Gasteiger charge is 2.14. The molecule has 5 nitrogen and oxygen atoms in total. The minimum absolute atomic E-state index is 0.0781. The maximum atomic E-state index is 11.2. The lowest BCUT2D eigenvalue weighted by molar-refractivity contribution is -0.121. The first-order valence-corrected chi connectivity index (χ1v) is 4.03. The van der Waals surface area contributed by atoms with E-state index >= 15 is 0 Å². The zero-order valence-electron chi connectivity index (χ0n) is 7.56. The van der Waals surface area contributed by atoms with Crippen molar-refractivity contribution < 1.29 is 4.79 Å². The smallest absolute Gasteiger partial charge is 0.252 e. The highest BCUT2D eigenvalue weighted by Crippen LogP contribution is 2.06. The van der Waals surface area contributed by atoms with Crippen LogP contribution in [-0.4, -0.2) is 20.5 Å². The summed E-state index contributed by atoms with van der Waals surface area (Å²) in [6.07, 6.45) is 1.86. The number of carbonyl (C=O) groups is 1. The first kappa shape index (κ1) is 9.39. The quantitative estimate of drug-likeness (QED) is 0.682. The molecule has 0 aliphatic heterocycles. The zero-order valence-corrected chi connectivity index (χ0v) is 7.56. The molecule has 1 rings (SSSR count). The maximum Gasteiger partial charge on any atom is 0.252 e. The molecule has 68 valence electrons. The molecule has 0 aliphatic rings. The number of hydrogen-bond acceptors (Lipinski definition) is 4. The van der Waals surface area contributed by atoms with E-state index in [1.54, 1.807) is 19.9 Å². The van der Waals surface area contributed by atoms with E-state index in [9.17, 15) is 4.79 Å². The Labute approximate surface area is 76.0 Å². The molecule has 0 saturated heterocycles. The Morgan fingerprint density at radius 3 is 3.00 bits per heavy atom. The summed E-state index contributed by atoms with van der Waals surface area (Å²) in [5.41, 5.74) is 0. The molecule has 1 heterocycles. The van der Waals surface area contributed by atoms with Crippen LogP contribution in [0.4, 0.5) is 0 Å². The number of carbonyl (C=O) groups excluding carboxylic acids is 1. The first-order valence-electron chi connectivity index (χ1n) is 4.03. The van der Waals surface area contributed by atoms with Gasteiger partial charge in [-0.15, -0.1) is 5.10 Å². The monoisotopic (exact) mass is 178 g/mol. The van der Waals surface area contributed by atoms with Crippen LogP contribution in [0.5, 0.6) is 0 Å². The molecular weight excluding hydrogens is 168 g/mol. The molecule has 0 N–H and O–H groups in total. The van der Waals surface area contributed by atoms with Crippen molar-refractivity contribution in [3.8, 4) is 6.07 Å². The molecular formula is C8H10N4O. The van der Waals surface area contributed by atoms with Gasteiger partial charge in [0, 0.05) is 6.42 Å². The summed E-state index contributed by atoms with van der Waals surface area (Å²) in [5.74, 6) is 0.171. The van der Waals surface area contributed by atoms with Crippen LogP contribution in [0.25, 0.3) is 0 Å². The standard InChI is InChI=1S/C8H10N4O/c1-3-7(13)6(2)12-5-10-8(4-9)11-12/h5-6H,3H2,1-2H3. The molecule has 5 heteroatoms. The molecule has 0 saturated carbocycles. The molecule has 1 atom stereocenters. The van der Waals surface area contributed by atoms with E-state index < -0.39 is 0 Å². The Kier molecular flexibility index (Phi) is 2.75. The van der Waals surface area contributed by atoms with E-state index in [0.29, 0.717) is 6.42 Å². The van der Waals surface area contributed by atoms with Crippen LogP contribution >= 0.6 is 0 Å². The van der Waals surface area contributed by atoms with E-state index in [1.165, 1.54) is 11.0 Å². The van der Waals surface area contributed by atoms with E-state index in [0.717, 1.165) is 0 Å². The fraction of sp³-hybridized carbons (Fsp3) is 0.500. The van der Waals surface area contributed by atoms with E-state index in [2.05, 4.69) is 10.1 Å². The molecule has 0 aliphatic carbocycles. The Hall–Kier alpha value is -1.70. The summed E-state index contributed by atoms with van der Waals surface area (Å²) in [5, 5.41) is 12.3. The third-order valence-electron chi connectivity index (χ3n) is 1.82. The lowest BCUT2D eigenvalue weighted by atomic mass is 10.2. The van der Waals surface area contributed by atoms with Gasteiger partial charge in [-0.3, -0.25) is 4.79 Å². The van der Waals surface area contributed by atoms with Crippen LogP contribution in [0, 0.1) is 11.3 Å². The second kappa shape index (κ2) is 3.81. The van der Waals surface area contributed by atoms with Gasteiger partial charge in [0.15, 0.2) is 5.78 Å². The van der Waals surface area contributed by atoms with Gasteiger partial charge < -0.3 is 0 Å². The summed E-state index contributed by atoms with van der Waals surface area (Å²) in [4.78, 5) is 14.9. The predicted octanol–water partition coefficient (Wildman–Crippen LogP) is 0.690. The summed E-state index contributed by atoms with van der Waals surface area (Å²) in [6, 6.07) is 1.47. The molecule has 0 amide bonds. The number of hydrogen-bond donors (Lipinski definition) is 0. The van der Waals surface area contributed by atoms with Gasteiger partial charge in [0.05, 0.1) is 0 Å². The van der Waals surface area contributed by atoms with Gasteiger partial charge in [-0.1, -0.05) is 6.92 Å². The number of nitriles is 1. The van der Waals surface area contributed by atoms with Gasteiger partial charge in [-0.25, -0.2) is 9.67 Å². The van der Waals surface area contributed by atoms with Crippen LogP contribution in [0.15, 0.2) is 6.33 Å². The molecule has 13 heavy (non-hydrogen) atoms. The predicted molar refractivity (Wildman–Crippen MR) is 44.7 cm³/mol. The molecule has 0 fully saturated rings. The fourth-order valence-corrected chi connectivity index (χ4v) is 0.956. The Bertz CT molecular complexity index is 349. The van der Waals surface area contributed by atoms with Crippen LogP contribution in [0.3, 0.4) is 0 Å². The topological polar surface area (TPSA) is 71.6 Å². The molecule has 1 aromatic rings. The van der Waals surface area contributed by atoms with E-state index in [4.69, 9.17) is 5.26 Å². The highest BCUT2D eigenvalue weighted by molar-refractivity contribution is 5.81. The molecule has 0 radical (unpaired) electrons. The summed E-state index contributed by atoms with van der Waals surface area (Å²) < 4.78 is 1.41. The van der Waals surface area contributed by atoms with Crippen molar-refractivity contribution in [2.75, 3.05) is 0 Å².